The molecular formula is C12H16ClN3O2. The van der Waals surface area contributed by atoms with Crippen LogP contribution in [-0.4, -0.2) is 38.4 Å². The number of halogens is 1. The molecule has 0 saturated carbocycles. The number of anilines is 1. The first-order chi connectivity index (χ1) is 8.74. The van der Waals surface area contributed by atoms with E-state index in [1.165, 1.54) is 0 Å². The van der Waals surface area contributed by atoms with Crippen LogP contribution in [0, 0.1) is 0 Å². The molecule has 1 fully saturated rings. The van der Waals surface area contributed by atoms with Gasteiger partial charge in [0, 0.05) is 29.8 Å². The Morgan fingerprint density at radius 2 is 2.44 bits per heavy atom. The number of ether oxygens (including phenoxy) is 1. The summed E-state index contributed by atoms with van der Waals surface area (Å²) in [4.78, 5) is 11.6. The summed E-state index contributed by atoms with van der Waals surface area (Å²) in [5, 5.41) is 9.36. The summed E-state index contributed by atoms with van der Waals surface area (Å²) in [5.41, 5.74) is 0.674. The molecule has 98 valence electrons. The lowest BCUT2D eigenvalue weighted by Crippen LogP contribution is -2.49. The molecule has 3 N–H and O–H groups in total. The summed E-state index contributed by atoms with van der Waals surface area (Å²) in [6.45, 7) is 2.71. The molecule has 1 aromatic rings. The maximum absolute atomic E-state index is 11.6. The Morgan fingerprint density at radius 1 is 1.56 bits per heavy atom. The van der Waals surface area contributed by atoms with E-state index < -0.39 is 0 Å². The SMILES string of the molecule is O=C(NCC1COCCN1)Nc1cccc(Cl)c1. The largest absolute Gasteiger partial charge is 0.378 e. The smallest absolute Gasteiger partial charge is 0.319 e. The lowest BCUT2D eigenvalue weighted by molar-refractivity contribution is 0.0776. The van der Waals surface area contributed by atoms with Gasteiger partial charge in [0.15, 0.2) is 0 Å². The van der Waals surface area contributed by atoms with E-state index in [0.29, 0.717) is 23.9 Å². The molecule has 5 nitrogen and oxygen atoms in total. The molecular weight excluding hydrogens is 254 g/mol. The van der Waals surface area contributed by atoms with Crippen molar-refractivity contribution in [3.8, 4) is 0 Å². The number of hydrogen-bond acceptors (Lipinski definition) is 3. The summed E-state index contributed by atoms with van der Waals surface area (Å²) in [5.74, 6) is 0. The van der Waals surface area contributed by atoms with E-state index in [4.69, 9.17) is 16.3 Å². The highest BCUT2D eigenvalue weighted by Crippen LogP contribution is 2.14. The highest BCUT2D eigenvalue weighted by molar-refractivity contribution is 6.30. The number of urea groups is 1. The predicted molar refractivity (Wildman–Crippen MR) is 71.1 cm³/mol. The maximum atomic E-state index is 11.6. The summed E-state index contributed by atoms with van der Waals surface area (Å²) in [6.07, 6.45) is 0. The summed E-state index contributed by atoms with van der Waals surface area (Å²) >= 11 is 5.83. The van der Waals surface area contributed by atoms with Crippen LogP contribution in [0.25, 0.3) is 0 Å². The minimum atomic E-state index is -0.246. The van der Waals surface area contributed by atoms with Gasteiger partial charge in [-0.1, -0.05) is 17.7 Å². The van der Waals surface area contributed by atoms with Gasteiger partial charge in [0.2, 0.25) is 0 Å². The van der Waals surface area contributed by atoms with Crippen LogP contribution in [0.5, 0.6) is 0 Å². The average molecular weight is 270 g/mol. The van der Waals surface area contributed by atoms with Gasteiger partial charge in [-0.3, -0.25) is 0 Å². The van der Waals surface area contributed by atoms with Gasteiger partial charge in [-0.05, 0) is 18.2 Å². The summed E-state index contributed by atoms with van der Waals surface area (Å²) < 4.78 is 5.30. The van der Waals surface area contributed by atoms with Crippen molar-refractivity contribution in [1.82, 2.24) is 10.6 Å². The zero-order valence-electron chi connectivity index (χ0n) is 9.91. The van der Waals surface area contributed by atoms with Crippen LogP contribution in [0.4, 0.5) is 10.5 Å². The molecule has 6 heteroatoms. The quantitative estimate of drug-likeness (QED) is 0.778. The Kier molecular flexibility index (Phi) is 4.81. The van der Waals surface area contributed by atoms with Gasteiger partial charge in [0.1, 0.15) is 0 Å². The Bertz CT molecular complexity index is 408. The molecule has 1 atom stereocenters. The van der Waals surface area contributed by atoms with E-state index in [2.05, 4.69) is 16.0 Å². The number of morpholine rings is 1. The third-order valence-corrected chi connectivity index (χ3v) is 2.83. The fraction of sp³-hybridized carbons (Fsp3) is 0.417. The minimum Gasteiger partial charge on any atom is -0.378 e. The van der Waals surface area contributed by atoms with E-state index >= 15 is 0 Å². The molecule has 1 saturated heterocycles. The van der Waals surface area contributed by atoms with Crippen LogP contribution in [-0.2, 0) is 4.74 Å². The maximum Gasteiger partial charge on any atom is 0.319 e. The first kappa shape index (κ1) is 13.1. The van der Waals surface area contributed by atoms with Crippen molar-refractivity contribution < 1.29 is 9.53 Å². The predicted octanol–water partition coefficient (Wildman–Crippen LogP) is 1.45. The average Bonchev–Trinajstić information content (AvgIpc) is 2.38. The standard InChI is InChI=1S/C12H16ClN3O2/c13-9-2-1-3-10(6-9)16-12(17)15-7-11-8-18-5-4-14-11/h1-3,6,11,14H,4-5,7-8H2,(H2,15,16,17). The molecule has 0 radical (unpaired) electrons. The van der Waals surface area contributed by atoms with Gasteiger partial charge >= 0.3 is 6.03 Å². The first-order valence-electron chi connectivity index (χ1n) is 5.85. The second-order valence-electron chi connectivity index (χ2n) is 4.07. The van der Waals surface area contributed by atoms with Crippen molar-refractivity contribution in [2.24, 2.45) is 0 Å². The number of carbonyl (C=O) groups excluding carboxylic acids is 1. The third-order valence-electron chi connectivity index (χ3n) is 2.59. The Balaban J connectivity index is 1.74. The zero-order chi connectivity index (χ0) is 12.8. The number of benzene rings is 1. The van der Waals surface area contributed by atoms with Gasteiger partial charge < -0.3 is 20.7 Å². The van der Waals surface area contributed by atoms with Gasteiger partial charge in [-0.15, -0.1) is 0 Å². The molecule has 0 aromatic heterocycles. The highest BCUT2D eigenvalue weighted by Gasteiger charge is 2.13. The van der Waals surface area contributed by atoms with Crippen molar-refractivity contribution in [2.75, 3.05) is 31.6 Å². The minimum absolute atomic E-state index is 0.170. The molecule has 1 unspecified atom stereocenters. The molecule has 2 rings (SSSR count). The topological polar surface area (TPSA) is 62.4 Å². The Hall–Kier alpha value is -1.30. The number of hydrogen-bond donors (Lipinski definition) is 3. The molecule has 1 aromatic carbocycles. The number of nitrogens with one attached hydrogen (secondary N) is 3. The Labute approximate surface area is 111 Å². The monoisotopic (exact) mass is 269 g/mol. The molecule has 0 bridgehead atoms. The van der Waals surface area contributed by atoms with Gasteiger partial charge in [-0.25, -0.2) is 4.79 Å². The molecule has 0 spiro atoms. The van der Waals surface area contributed by atoms with Crippen molar-refractivity contribution >= 4 is 23.3 Å². The van der Waals surface area contributed by atoms with Crippen molar-refractivity contribution in [3.63, 3.8) is 0 Å². The van der Waals surface area contributed by atoms with Crippen LogP contribution >= 0.6 is 11.6 Å². The number of carbonyl (C=O) groups is 1. The molecule has 2 amide bonds. The lowest BCUT2D eigenvalue weighted by atomic mass is 10.3. The molecule has 0 aliphatic carbocycles. The summed E-state index contributed by atoms with van der Waals surface area (Å²) in [7, 11) is 0. The summed E-state index contributed by atoms with van der Waals surface area (Å²) in [6, 6.07) is 6.95. The zero-order valence-corrected chi connectivity index (χ0v) is 10.7. The van der Waals surface area contributed by atoms with Gasteiger partial charge in [0.25, 0.3) is 0 Å². The second-order valence-corrected chi connectivity index (χ2v) is 4.51. The van der Waals surface area contributed by atoms with Crippen LogP contribution in [0.15, 0.2) is 24.3 Å². The van der Waals surface area contributed by atoms with E-state index in [1.54, 1.807) is 24.3 Å². The first-order valence-corrected chi connectivity index (χ1v) is 6.23. The van der Waals surface area contributed by atoms with Crippen LogP contribution in [0.3, 0.4) is 0 Å². The van der Waals surface area contributed by atoms with Crippen LogP contribution in [0.1, 0.15) is 0 Å². The van der Waals surface area contributed by atoms with Crippen LogP contribution in [0.2, 0.25) is 5.02 Å². The van der Waals surface area contributed by atoms with Gasteiger partial charge in [-0.2, -0.15) is 0 Å². The molecule has 18 heavy (non-hydrogen) atoms. The van der Waals surface area contributed by atoms with E-state index in [0.717, 1.165) is 13.2 Å². The van der Waals surface area contributed by atoms with Crippen molar-refractivity contribution in [2.45, 2.75) is 6.04 Å². The van der Waals surface area contributed by atoms with Crippen LogP contribution < -0.4 is 16.0 Å². The number of rotatable bonds is 3. The second kappa shape index (κ2) is 6.58. The van der Waals surface area contributed by atoms with E-state index in [1.807, 2.05) is 0 Å². The Morgan fingerprint density at radius 3 is 3.17 bits per heavy atom. The van der Waals surface area contributed by atoms with Crippen molar-refractivity contribution in [3.05, 3.63) is 29.3 Å². The van der Waals surface area contributed by atoms with E-state index in [-0.39, 0.29) is 12.1 Å². The lowest BCUT2D eigenvalue weighted by Gasteiger charge is -2.23. The van der Waals surface area contributed by atoms with Gasteiger partial charge in [0.05, 0.1) is 13.2 Å². The fourth-order valence-corrected chi connectivity index (χ4v) is 1.90. The number of amides is 2. The third kappa shape index (κ3) is 4.18. The molecule has 1 aliphatic heterocycles. The molecule has 1 heterocycles. The normalized spacial score (nSPS) is 19.3. The fourth-order valence-electron chi connectivity index (χ4n) is 1.71. The highest BCUT2D eigenvalue weighted by atomic mass is 35.5. The van der Waals surface area contributed by atoms with E-state index in [9.17, 15) is 4.79 Å². The molecule has 1 aliphatic rings. The van der Waals surface area contributed by atoms with Crippen molar-refractivity contribution in [1.29, 1.82) is 0 Å².